The summed E-state index contributed by atoms with van der Waals surface area (Å²) in [6.45, 7) is 7.11. The van der Waals surface area contributed by atoms with E-state index in [1.165, 1.54) is 5.57 Å². The maximum absolute atomic E-state index is 5.60. The molecule has 0 bridgehead atoms. The minimum Gasteiger partial charge on any atom is -0.380 e. The van der Waals surface area contributed by atoms with Crippen LogP contribution in [0.5, 0.6) is 0 Å². The van der Waals surface area contributed by atoms with Crippen molar-refractivity contribution in [3.8, 4) is 0 Å². The first-order valence-corrected chi connectivity index (χ1v) is 5.35. The Bertz CT molecular complexity index is 192. The zero-order valence-electron chi connectivity index (χ0n) is 9.33. The van der Waals surface area contributed by atoms with Crippen molar-refractivity contribution in [3.05, 3.63) is 11.6 Å². The Morgan fingerprint density at radius 1 is 1.64 bits per heavy atom. The molecule has 0 spiro atoms. The van der Waals surface area contributed by atoms with Crippen molar-refractivity contribution in [1.82, 2.24) is 4.90 Å². The molecule has 14 heavy (non-hydrogen) atoms. The average Bonchev–Trinajstić information content (AvgIpc) is 2.21. The second kappa shape index (κ2) is 6.17. The first-order chi connectivity index (χ1) is 6.76. The van der Waals surface area contributed by atoms with E-state index in [-0.39, 0.29) is 0 Å². The van der Waals surface area contributed by atoms with Crippen LogP contribution in [0.15, 0.2) is 11.6 Å². The molecule has 1 atom stereocenters. The molecule has 2 N–H and O–H groups in total. The number of ether oxygens (including phenoxy) is 1. The maximum Gasteiger partial charge on any atom is 0.0673 e. The first kappa shape index (κ1) is 11.7. The number of nitrogens with two attached hydrogens (primary N) is 1. The van der Waals surface area contributed by atoms with E-state index in [1.807, 2.05) is 0 Å². The Labute approximate surface area is 86.9 Å². The van der Waals surface area contributed by atoms with Gasteiger partial charge in [0, 0.05) is 26.7 Å². The van der Waals surface area contributed by atoms with Gasteiger partial charge >= 0.3 is 0 Å². The average molecular weight is 198 g/mol. The van der Waals surface area contributed by atoms with Crippen LogP contribution in [0.1, 0.15) is 13.3 Å². The largest absolute Gasteiger partial charge is 0.380 e. The molecule has 1 rings (SSSR count). The summed E-state index contributed by atoms with van der Waals surface area (Å²) >= 11 is 0. The molecular weight excluding hydrogens is 176 g/mol. The van der Waals surface area contributed by atoms with Crippen molar-refractivity contribution in [2.24, 2.45) is 11.7 Å². The summed E-state index contributed by atoms with van der Waals surface area (Å²) in [5, 5.41) is 0. The number of nitrogens with zero attached hydrogens (tertiary/aromatic N) is 1. The Morgan fingerprint density at radius 3 is 2.93 bits per heavy atom. The van der Waals surface area contributed by atoms with Gasteiger partial charge in [-0.25, -0.2) is 0 Å². The fraction of sp³-hybridized carbons (Fsp3) is 0.818. The van der Waals surface area contributed by atoms with Crippen LogP contribution in [0.25, 0.3) is 0 Å². The van der Waals surface area contributed by atoms with Crippen LogP contribution in [0.3, 0.4) is 0 Å². The van der Waals surface area contributed by atoms with E-state index in [0.29, 0.717) is 5.92 Å². The lowest BCUT2D eigenvalue weighted by atomic mass is 10.1. The molecule has 1 aliphatic heterocycles. The van der Waals surface area contributed by atoms with Gasteiger partial charge in [0.25, 0.3) is 0 Å². The Hall–Kier alpha value is -0.380. The molecule has 0 aliphatic carbocycles. The lowest BCUT2D eigenvalue weighted by Gasteiger charge is -2.28. The predicted octanol–water partition coefficient (Wildman–Crippen LogP) is 0.860. The molecule has 0 radical (unpaired) electrons. The third-order valence-corrected chi connectivity index (χ3v) is 2.69. The molecule has 1 heterocycles. The van der Waals surface area contributed by atoms with Gasteiger partial charge in [-0.1, -0.05) is 13.0 Å². The zero-order valence-corrected chi connectivity index (χ0v) is 9.33. The van der Waals surface area contributed by atoms with Gasteiger partial charge in [-0.15, -0.1) is 0 Å². The van der Waals surface area contributed by atoms with E-state index in [0.717, 1.165) is 39.2 Å². The van der Waals surface area contributed by atoms with Crippen LogP contribution < -0.4 is 5.73 Å². The van der Waals surface area contributed by atoms with E-state index in [1.54, 1.807) is 7.11 Å². The summed E-state index contributed by atoms with van der Waals surface area (Å²) in [7, 11) is 1.75. The van der Waals surface area contributed by atoms with Crippen molar-refractivity contribution in [1.29, 1.82) is 0 Å². The highest BCUT2D eigenvalue weighted by atomic mass is 16.5. The van der Waals surface area contributed by atoms with E-state index in [2.05, 4.69) is 17.9 Å². The Morgan fingerprint density at radius 2 is 2.43 bits per heavy atom. The lowest BCUT2D eigenvalue weighted by Crippen LogP contribution is -2.35. The summed E-state index contributed by atoms with van der Waals surface area (Å²) in [6.07, 6.45) is 3.43. The van der Waals surface area contributed by atoms with Crippen LogP contribution in [0, 0.1) is 5.92 Å². The number of hydrogen-bond donors (Lipinski definition) is 1. The molecule has 0 aromatic heterocycles. The summed E-state index contributed by atoms with van der Waals surface area (Å²) in [5.41, 5.74) is 7.04. The number of rotatable bonds is 5. The standard InChI is InChI=1S/C11H22N2O/c1-10(7-12)8-13-5-3-11(4-6-13)9-14-2/h3,10H,4-9,12H2,1-2H3. The predicted molar refractivity (Wildman–Crippen MR) is 59.2 cm³/mol. The highest BCUT2D eigenvalue weighted by Crippen LogP contribution is 2.11. The second-order valence-electron chi connectivity index (χ2n) is 4.15. The molecule has 82 valence electrons. The molecule has 0 aromatic carbocycles. The van der Waals surface area contributed by atoms with Gasteiger partial charge < -0.3 is 10.5 Å². The summed E-state index contributed by atoms with van der Waals surface area (Å²) in [4.78, 5) is 2.46. The van der Waals surface area contributed by atoms with Crippen LogP contribution >= 0.6 is 0 Å². The van der Waals surface area contributed by atoms with Crippen molar-refractivity contribution >= 4 is 0 Å². The molecule has 0 aromatic rings. The topological polar surface area (TPSA) is 38.5 Å². The highest BCUT2D eigenvalue weighted by molar-refractivity contribution is 5.07. The van der Waals surface area contributed by atoms with Gasteiger partial charge in [-0.3, -0.25) is 4.90 Å². The second-order valence-corrected chi connectivity index (χ2v) is 4.15. The third-order valence-electron chi connectivity index (χ3n) is 2.69. The fourth-order valence-electron chi connectivity index (χ4n) is 1.75. The SMILES string of the molecule is COCC1=CCN(CC(C)CN)CC1. The van der Waals surface area contributed by atoms with Gasteiger partial charge in [-0.05, 0) is 24.5 Å². The van der Waals surface area contributed by atoms with E-state index in [9.17, 15) is 0 Å². The van der Waals surface area contributed by atoms with Gasteiger partial charge in [-0.2, -0.15) is 0 Å². The molecule has 1 aliphatic rings. The van der Waals surface area contributed by atoms with Crippen LogP contribution in [0.2, 0.25) is 0 Å². The smallest absolute Gasteiger partial charge is 0.0673 e. The third kappa shape index (κ3) is 3.78. The van der Waals surface area contributed by atoms with Gasteiger partial charge in [0.05, 0.1) is 6.61 Å². The molecule has 3 heteroatoms. The molecule has 0 fully saturated rings. The van der Waals surface area contributed by atoms with Crippen molar-refractivity contribution in [2.75, 3.05) is 39.9 Å². The molecular formula is C11H22N2O. The van der Waals surface area contributed by atoms with Crippen molar-refractivity contribution in [2.45, 2.75) is 13.3 Å². The van der Waals surface area contributed by atoms with Crippen LogP contribution in [0.4, 0.5) is 0 Å². The van der Waals surface area contributed by atoms with Gasteiger partial charge in [0.1, 0.15) is 0 Å². The van der Waals surface area contributed by atoms with Gasteiger partial charge in [0.15, 0.2) is 0 Å². The summed E-state index contributed by atoms with van der Waals surface area (Å²) in [6, 6.07) is 0. The van der Waals surface area contributed by atoms with Crippen molar-refractivity contribution < 1.29 is 4.74 Å². The van der Waals surface area contributed by atoms with E-state index >= 15 is 0 Å². The monoisotopic (exact) mass is 198 g/mol. The van der Waals surface area contributed by atoms with Crippen LogP contribution in [-0.4, -0.2) is 44.8 Å². The normalized spacial score (nSPS) is 20.6. The maximum atomic E-state index is 5.60. The fourth-order valence-corrected chi connectivity index (χ4v) is 1.75. The van der Waals surface area contributed by atoms with Gasteiger partial charge in [0.2, 0.25) is 0 Å². The van der Waals surface area contributed by atoms with E-state index in [4.69, 9.17) is 10.5 Å². The molecule has 3 nitrogen and oxygen atoms in total. The first-order valence-electron chi connectivity index (χ1n) is 5.35. The zero-order chi connectivity index (χ0) is 10.4. The van der Waals surface area contributed by atoms with Crippen molar-refractivity contribution in [3.63, 3.8) is 0 Å². The minimum absolute atomic E-state index is 0.604. The van der Waals surface area contributed by atoms with Crippen LogP contribution in [-0.2, 0) is 4.74 Å². The molecule has 0 saturated heterocycles. The number of hydrogen-bond acceptors (Lipinski definition) is 3. The molecule has 0 saturated carbocycles. The summed E-state index contributed by atoms with van der Waals surface area (Å²) in [5.74, 6) is 0.604. The van der Waals surface area contributed by atoms with E-state index < -0.39 is 0 Å². The quantitative estimate of drug-likeness (QED) is 0.666. The molecule has 0 amide bonds. The Kier molecular flexibility index (Phi) is 5.15. The highest BCUT2D eigenvalue weighted by Gasteiger charge is 2.13. The summed E-state index contributed by atoms with van der Waals surface area (Å²) < 4.78 is 5.11. The lowest BCUT2D eigenvalue weighted by molar-refractivity contribution is 0.206. The minimum atomic E-state index is 0.604. The number of methoxy groups -OCH3 is 1. The Balaban J connectivity index is 2.27. The molecule has 1 unspecified atom stereocenters.